The number of carbonyl (C=O) groups excluding carboxylic acids is 1. The monoisotopic (exact) mass is 426 g/mol. The van der Waals surface area contributed by atoms with Crippen LogP contribution in [0.25, 0.3) is 16.9 Å². The molecule has 2 aliphatic heterocycles. The molecule has 2 aromatic carbocycles. The highest BCUT2D eigenvalue weighted by Gasteiger charge is 2.20. The maximum absolute atomic E-state index is 11.6. The lowest BCUT2D eigenvalue weighted by atomic mass is 10.1. The van der Waals surface area contributed by atoms with Gasteiger partial charge in [0, 0.05) is 48.8 Å². The number of nitrogens with one attached hydrogen (secondary N) is 1. The van der Waals surface area contributed by atoms with Gasteiger partial charge in [-0.1, -0.05) is 30.3 Å². The maximum atomic E-state index is 11.6. The van der Waals surface area contributed by atoms with E-state index in [4.69, 9.17) is 14.8 Å². The molecule has 4 aromatic rings. The van der Waals surface area contributed by atoms with Crippen LogP contribution in [0.4, 0.5) is 11.4 Å². The van der Waals surface area contributed by atoms with Crippen LogP contribution in [0, 0.1) is 0 Å². The van der Waals surface area contributed by atoms with E-state index < -0.39 is 0 Å². The van der Waals surface area contributed by atoms with E-state index in [0.717, 1.165) is 71.5 Å². The van der Waals surface area contributed by atoms with Gasteiger partial charge in [0.15, 0.2) is 11.5 Å². The van der Waals surface area contributed by atoms with E-state index in [-0.39, 0.29) is 5.91 Å². The molecular formula is C24H22N6O2. The summed E-state index contributed by atoms with van der Waals surface area (Å²) >= 11 is 0. The van der Waals surface area contributed by atoms with Crippen molar-refractivity contribution < 1.29 is 9.53 Å². The first kappa shape index (κ1) is 18.9. The molecule has 0 atom stereocenters. The molecule has 6 rings (SSSR count). The predicted octanol–water partition coefficient (Wildman–Crippen LogP) is 2.71. The highest BCUT2D eigenvalue weighted by molar-refractivity contribution is 5.99. The quantitative estimate of drug-likeness (QED) is 0.540. The molecule has 0 saturated carbocycles. The summed E-state index contributed by atoms with van der Waals surface area (Å²) < 4.78 is 7.32. The molecule has 1 N–H and O–H groups in total. The summed E-state index contributed by atoms with van der Waals surface area (Å²) in [4.78, 5) is 23.5. The lowest BCUT2D eigenvalue weighted by molar-refractivity contribution is -0.115. The van der Waals surface area contributed by atoms with E-state index >= 15 is 0 Å². The average Bonchev–Trinajstić information content (AvgIpc) is 3.41. The second-order valence-corrected chi connectivity index (χ2v) is 8.08. The zero-order valence-corrected chi connectivity index (χ0v) is 17.5. The Hall–Kier alpha value is -3.78. The Balaban J connectivity index is 1.36. The Kier molecular flexibility index (Phi) is 4.57. The number of rotatable bonds is 4. The number of ether oxygens (including phenoxy) is 1. The summed E-state index contributed by atoms with van der Waals surface area (Å²) in [6.07, 6.45) is 4.61. The number of hydrogen-bond donors (Lipinski definition) is 1. The second kappa shape index (κ2) is 7.72. The third kappa shape index (κ3) is 3.38. The van der Waals surface area contributed by atoms with E-state index in [9.17, 15) is 4.79 Å². The van der Waals surface area contributed by atoms with Crippen LogP contribution in [0.1, 0.15) is 17.0 Å². The number of amides is 1. The normalized spacial score (nSPS) is 15.8. The van der Waals surface area contributed by atoms with Crippen LogP contribution in [0.5, 0.6) is 0 Å². The molecule has 0 radical (unpaired) electrons. The molecule has 8 nitrogen and oxygen atoms in total. The van der Waals surface area contributed by atoms with Crippen LogP contribution < -0.4 is 10.2 Å². The van der Waals surface area contributed by atoms with Crippen LogP contribution in [0.3, 0.4) is 0 Å². The molecule has 1 saturated heterocycles. The van der Waals surface area contributed by atoms with Crippen molar-refractivity contribution in [2.24, 2.45) is 0 Å². The Morgan fingerprint density at radius 1 is 1.09 bits per heavy atom. The summed E-state index contributed by atoms with van der Waals surface area (Å²) in [5, 5.41) is 7.57. The number of aromatic nitrogens is 4. The topological polar surface area (TPSA) is 84.7 Å². The van der Waals surface area contributed by atoms with Crippen LogP contribution in [0.2, 0.25) is 0 Å². The van der Waals surface area contributed by atoms with Gasteiger partial charge >= 0.3 is 0 Å². The number of para-hydroxylation sites is 1. The highest BCUT2D eigenvalue weighted by Crippen LogP contribution is 2.32. The van der Waals surface area contributed by atoms with Crippen LogP contribution >= 0.6 is 0 Å². The average molecular weight is 426 g/mol. The minimum Gasteiger partial charge on any atom is -0.378 e. The van der Waals surface area contributed by atoms with Crippen molar-refractivity contribution in [1.29, 1.82) is 0 Å². The minimum absolute atomic E-state index is 0.0395. The van der Waals surface area contributed by atoms with Crippen molar-refractivity contribution in [2.45, 2.75) is 12.8 Å². The van der Waals surface area contributed by atoms with E-state index in [1.165, 1.54) is 0 Å². The Morgan fingerprint density at radius 3 is 2.88 bits per heavy atom. The Labute approximate surface area is 184 Å². The van der Waals surface area contributed by atoms with Gasteiger partial charge in [0.05, 0.1) is 19.6 Å². The highest BCUT2D eigenvalue weighted by atomic mass is 16.5. The van der Waals surface area contributed by atoms with Gasteiger partial charge in [-0.3, -0.25) is 9.78 Å². The molecule has 2 aromatic heterocycles. The number of fused-ring (bicyclic) bond motifs is 2. The van der Waals surface area contributed by atoms with Gasteiger partial charge in [0.2, 0.25) is 5.91 Å². The SMILES string of the molecule is O=C1Cc2cc(Cc3nc4c(-c5ccccc5N5CCOCC5)nccn4n3)ccc2N1. The molecule has 0 aliphatic carbocycles. The molecule has 2 aliphatic rings. The van der Waals surface area contributed by atoms with E-state index in [2.05, 4.69) is 39.5 Å². The third-order valence-corrected chi connectivity index (χ3v) is 5.97. The Morgan fingerprint density at radius 2 is 1.97 bits per heavy atom. The molecule has 8 heteroatoms. The smallest absolute Gasteiger partial charge is 0.228 e. The maximum Gasteiger partial charge on any atom is 0.228 e. The van der Waals surface area contributed by atoms with Crippen molar-refractivity contribution in [3.8, 4) is 11.3 Å². The molecule has 4 heterocycles. The molecule has 32 heavy (non-hydrogen) atoms. The van der Waals surface area contributed by atoms with Gasteiger partial charge in [0.1, 0.15) is 5.69 Å². The molecule has 1 fully saturated rings. The van der Waals surface area contributed by atoms with Crippen molar-refractivity contribution in [3.63, 3.8) is 0 Å². The molecule has 0 bridgehead atoms. The molecule has 1 amide bonds. The number of nitrogens with zero attached hydrogens (tertiary/aromatic N) is 5. The van der Waals surface area contributed by atoms with Crippen molar-refractivity contribution in [1.82, 2.24) is 19.6 Å². The van der Waals surface area contributed by atoms with Crippen LogP contribution in [-0.4, -0.2) is 51.8 Å². The van der Waals surface area contributed by atoms with Gasteiger partial charge in [-0.2, -0.15) is 5.10 Å². The first-order valence-corrected chi connectivity index (χ1v) is 10.8. The zero-order chi connectivity index (χ0) is 21.5. The summed E-state index contributed by atoms with van der Waals surface area (Å²) in [6, 6.07) is 14.3. The molecular weight excluding hydrogens is 404 g/mol. The first-order valence-electron chi connectivity index (χ1n) is 10.8. The van der Waals surface area contributed by atoms with Gasteiger partial charge < -0.3 is 15.0 Å². The predicted molar refractivity (Wildman–Crippen MR) is 121 cm³/mol. The lowest BCUT2D eigenvalue weighted by Crippen LogP contribution is -2.36. The van der Waals surface area contributed by atoms with E-state index in [1.54, 1.807) is 10.7 Å². The zero-order valence-electron chi connectivity index (χ0n) is 17.5. The Bertz CT molecular complexity index is 1330. The number of morpholine rings is 1. The summed E-state index contributed by atoms with van der Waals surface area (Å²) in [6.45, 7) is 3.16. The van der Waals surface area contributed by atoms with Gasteiger partial charge in [-0.05, 0) is 23.3 Å². The second-order valence-electron chi connectivity index (χ2n) is 8.08. The molecule has 160 valence electrons. The van der Waals surface area contributed by atoms with E-state index in [1.807, 2.05) is 24.4 Å². The molecule has 0 spiro atoms. The summed E-state index contributed by atoms with van der Waals surface area (Å²) in [7, 11) is 0. The number of carbonyl (C=O) groups is 1. The van der Waals surface area contributed by atoms with Gasteiger partial charge in [-0.15, -0.1) is 0 Å². The first-order chi connectivity index (χ1) is 15.7. The standard InChI is InChI=1S/C24H22N6O2/c31-22-15-17-13-16(5-6-19(17)26-22)14-21-27-24-23(25-7-8-30(24)28-21)18-3-1-2-4-20(18)29-9-11-32-12-10-29/h1-8,13H,9-12,14-15H2,(H,26,31). The summed E-state index contributed by atoms with van der Waals surface area (Å²) in [5.41, 5.74) is 6.74. The number of anilines is 2. The van der Waals surface area contributed by atoms with Gasteiger partial charge in [0.25, 0.3) is 0 Å². The van der Waals surface area contributed by atoms with Crippen molar-refractivity contribution in [2.75, 3.05) is 36.5 Å². The fourth-order valence-electron chi connectivity index (χ4n) is 4.46. The largest absolute Gasteiger partial charge is 0.378 e. The van der Waals surface area contributed by atoms with Gasteiger partial charge in [-0.25, -0.2) is 9.50 Å². The number of benzene rings is 2. The van der Waals surface area contributed by atoms with E-state index in [0.29, 0.717) is 12.8 Å². The minimum atomic E-state index is 0.0395. The third-order valence-electron chi connectivity index (χ3n) is 5.97. The molecule has 0 unspecified atom stereocenters. The number of hydrogen-bond acceptors (Lipinski definition) is 6. The van der Waals surface area contributed by atoms with Crippen molar-refractivity contribution in [3.05, 3.63) is 71.8 Å². The fourth-order valence-corrected chi connectivity index (χ4v) is 4.46. The van der Waals surface area contributed by atoms with Crippen molar-refractivity contribution >= 4 is 22.9 Å². The fraction of sp³-hybridized carbons (Fsp3) is 0.250. The van der Waals surface area contributed by atoms with Crippen LogP contribution in [0.15, 0.2) is 54.9 Å². The van der Waals surface area contributed by atoms with Crippen LogP contribution in [-0.2, 0) is 22.4 Å². The lowest BCUT2D eigenvalue weighted by Gasteiger charge is -2.30. The summed E-state index contributed by atoms with van der Waals surface area (Å²) in [5.74, 6) is 0.762.